The van der Waals surface area contributed by atoms with Gasteiger partial charge in [-0.3, -0.25) is 9.69 Å². The number of likely N-dealkylation sites (tertiary alicyclic amines) is 1. The smallest absolute Gasteiger partial charge is 0.410 e. The van der Waals surface area contributed by atoms with Crippen molar-refractivity contribution in [2.24, 2.45) is 5.92 Å². The lowest BCUT2D eigenvalue weighted by Gasteiger charge is -2.39. The van der Waals surface area contributed by atoms with Gasteiger partial charge in [0.05, 0.1) is 11.1 Å². The molecule has 2 aliphatic heterocycles. The molecule has 5 nitrogen and oxygen atoms in total. The molecule has 3 rings (SSSR count). The molecule has 2 saturated heterocycles. The highest BCUT2D eigenvalue weighted by molar-refractivity contribution is 7.12. The van der Waals surface area contributed by atoms with Crippen molar-refractivity contribution in [1.29, 1.82) is 0 Å². The molecular weight excluding hydrogens is 348 g/mol. The maximum atomic E-state index is 12.5. The molecule has 132 valence electrons. The third-order valence-corrected chi connectivity index (χ3v) is 6.53. The average Bonchev–Trinajstić information content (AvgIpc) is 3.19. The van der Waals surface area contributed by atoms with Gasteiger partial charge in [0, 0.05) is 19.1 Å². The van der Waals surface area contributed by atoms with E-state index in [1.54, 1.807) is 6.07 Å². The summed E-state index contributed by atoms with van der Waals surface area (Å²) in [6.45, 7) is 6.08. The number of amides is 2. The van der Waals surface area contributed by atoms with Gasteiger partial charge in [-0.05, 0) is 30.2 Å². The van der Waals surface area contributed by atoms with Crippen LogP contribution in [0.4, 0.5) is 4.79 Å². The quantitative estimate of drug-likeness (QED) is 0.808. The van der Waals surface area contributed by atoms with Gasteiger partial charge in [-0.2, -0.15) is 0 Å². The standard InChI is InChI=1S/C17H23ClN2O3S/c1-3-11(2)14-10-23-17(22)20(14)12-4-7-19(8-5-12)16(21)15-13(18)6-9-24-15/h6,9,11-12,14H,3-5,7-8,10H2,1-2H3. The number of carbonyl (C=O) groups is 2. The summed E-state index contributed by atoms with van der Waals surface area (Å²) in [4.78, 5) is 29.1. The highest BCUT2D eigenvalue weighted by Gasteiger charge is 2.41. The maximum Gasteiger partial charge on any atom is 0.410 e. The van der Waals surface area contributed by atoms with E-state index in [4.69, 9.17) is 16.3 Å². The van der Waals surface area contributed by atoms with E-state index in [1.807, 2.05) is 15.2 Å². The van der Waals surface area contributed by atoms with Crippen molar-refractivity contribution >= 4 is 34.9 Å². The van der Waals surface area contributed by atoms with Gasteiger partial charge in [0.2, 0.25) is 0 Å². The number of piperidine rings is 1. The summed E-state index contributed by atoms with van der Waals surface area (Å²) < 4.78 is 5.29. The molecular formula is C17H23ClN2O3S. The Hall–Kier alpha value is -1.27. The van der Waals surface area contributed by atoms with Crippen LogP contribution in [0.3, 0.4) is 0 Å². The SMILES string of the molecule is CCC(C)C1COC(=O)N1C1CCN(C(=O)c2sccc2Cl)CC1. The molecule has 0 spiro atoms. The van der Waals surface area contributed by atoms with Crippen LogP contribution in [0, 0.1) is 5.92 Å². The van der Waals surface area contributed by atoms with Crippen LogP contribution in [0.1, 0.15) is 42.8 Å². The van der Waals surface area contributed by atoms with Crippen LogP contribution in [-0.2, 0) is 4.74 Å². The summed E-state index contributed by atoms with van der Waals surface area (Å²) in [6, 6.07) is 2.06. The van der Waals surface area contributed by atoms with Crippen molar-refractivity contribution in [3.63, 3.8) is 0 Å². The molecule has 0 saturated carbocycles. The minimum absolute atomic E-state index is 0.00377. The fourth-order valence-corrected chi connectivity index (χ4v) is 4.62. The maximum absolute atomic E-state index is 12.5. The van der Waals surface area contributed by atoms with Crippen molar-refractivity contribution in [2.75, 3.05) is 19.7 Å². The number of ether oxygens (including phenoxy) is 1. The van der Waals surface area contributed by atoms with Crippen LogP contribution < -0.4 is 0 Å². The molecule has 1 aromatic rings. The Kier molecular flexibility index (Phi) is 5.35. The number of thiophene rings is 1. The lowest BCUT2D eigenvalue weighted by atomic mass is 9.95. The lowest BCUT2D eigenvalue weighted by molar-refractivity contribution is 0.0619. The van der Waals surface area contributed by atoms with Crippen molar-refractivity contribution in [3.8, 4) is 0 Å². The number of cyclic esters (lactones) is 1. The summed E-state index contributed by atoms with van der Waals surface area (Å²) in [5.41, 5.74) is 0. The highest BCUT2D eigenvalue weighted by atomic mass is 35.5. The monoisotopic (exact) mass is 370 g/mol. The normalized spacial score (nSPS) is 23.5. The summed E-state index contributed by atoms with van der Waals surface area (Å²) in [5.74, 6) is 0.414. The zero-order valence-corrected chi connectivity index (χ0v) is 15.6. The zero-order chi connectivity index (χ0) is 17.3. The van der Waals surface area contributed by atoms with Crippen LogP contribution >= 0.6 is 22.9 Å². The number of rotatable bonds is 4. The Morgan fingerprint density at radius 2 is 2.17 bits per heavy atom. The van der Waals surface area contributed by atoms with Crippen LogP contribution in [0.15, 0.2) is 11.4 Å². The summed E-state index contributed by atoms with van der Waals surface area (Å²) in [5, 5.41) is 2.35. The molecule has 0 aliphatic carbocycles. The van der Waals surface area contributed by atoms with Crippen LogP contribution in [0.25, 0.3) is 0 Å². The van der Waals surface area contributed by atoms with Crippen LogP contribution in [0.5, 0.6) is 0 Å². The molecule has 24 heavy (non-hydrogen) atoms. The van der Waals surface area contributed by atoms with Gasteiger partial charge in [0.15, 0.2) is 0 Å². The topological polar surface area (TPSA) is 49.9 Å². The van der Waals surface area contributed by atoms with E-state index in [-0.39, 0.29) is 24.1 Å². The molecule has 2 aliphatic rings. The molecule has 0 aromatic carbocycles. The molecule has 0 bridgehead atoms. The Morgan fingerprint density at radius 1 is 1.46 bits per heavy atom. The number of carbonyl (C=O) groups excluding carboxylic acids is 2. The number of nitrogens with zero attached hydrogens (tertiary/aromatic N) is 2. The first kappa shape index (κ1) is 17.5. The van der Waals surface area contributed by atoms with E-state index in [1.165, 1.54) is 11.3 Å². The van der Waals surface area contributed by atoms with Crippen LogP contribution in [0.2, 0.25) is 5.02 Å². The van der Waals surface area contributed by atoms with Crippen molar-refractivity contribution in [1.82, 2.24) is 9.80 Å². The van der Waals surface area contributed by atoms with Gasteiger partial charge in [-0.15, -0.1) is 11.3 Å². The predicted octanol–water partition coefficient (Wildman–Crippen LogP) is 3.87. The Balaban J connectivity index is 1.63. The highest BCUT2D eigenvalue weighted by Crippen LogP contribution is 2.30. The lowest BCUT2D eigenvalue weighted by Crippen LogP contribution is -2.51. The van der Waals surface area contributed by atoms with E-state index in [9.17, 15) is 9.59 Å². The second-order valence-corrected chi connectivity index (χ2v) is 7.88. The molecule has 2 fully saturated rings. The third-order valence-electron chi connectivity index (χ3n) is 5.20. The van der Waals surface area contributed by atoms with Gasteiger partial charge in [-0.25, -0.2) is 4.79 Å². The van der Waals surface area contributed by atoms with Gasteiger partial charge >= 0.3 is 6.09 Å². The Morgan fingerprint density at radius 3 is 2.75 bits per heavy atom. The summed E-state index contributed by atoms with van der Waals surface area (Å²) >= 11 is 7.45. The van der Waals surface area contributed by atoms with E-state index in [0.29, 0.717) is 35.5 Å². The molecule has 2 unspecified atom stereocenters. The minimum atomic E-state index is -0.202. The Labute approximate surface area is 151 Å². The van der Waals surface area contributed by atoms with E-state index in [2.05, 4.69) is 13.8 Å². The van der Waals surface area contributed by atoms with Crippen molar-refractivity contribution in [2.45, 2.75) is 45.2 Å². The van der Waals surface area contributed by atoms with Crippen LogP contribution in [-0.4, -0.2) is 53.6 Å². The molecule has 0 radical (unpaired) electrons. The second-order valence-electron chi connectivity index (χ2n) is 6.56. The summed E-state index contributed by atoms with van der Waals surface area (Å²) in [7, 11) is 0. The average molecular weight is 371 g/mol. The number of hydrogen-bond donors (Lipinski definition) is 0. The number of halogens is 1. The fourth-order valence-electron chi connectivity index (χ4n) is 3.51. The van der Waals surface area contributed by atoms with E-state index >= 15 is 0 Å². The fraction of sp³-hybridized carbons (Fsp3) is 0.647. The molecule has 7 heteroatoms. The van der Waals surface area contributed by atoms with Crippen molar-refractivity contribution < 1.29 is 14.3 Å². The molecule has 2 atom stereocenters. The second kappa shape index (κ2) is 7.31. The first-order valence-electron chi connectivity index (χ1n) is 8.50. The molecule has 2 amide bonds. The predicted molar refractivity (Wildman–Crippen MR) is 94.7 cm³/mol. The van der Waals surface area contributed by atoms with E-state index in [0.717, 1.165) is 19.3 Å². The molecule has 3 heterocycles. The van der Waals surface area contributed by atoms with Gasteiger partial charge in [-0.1, -0.05) is 31.9 Å². The van der Waals surface area contributed by atoms with Crippen molar-refractivity contribution in [3.05, 3.63) is 21.3 Å². The zero-order valence-electron chi connectivity index (χ0n) is 14.0. The summed E-state index contributed by atoms with van der Waals surface area (Å²) in [6.07, 6.45) is 2.39. The first-order chi connectivity index (χ1) is 11.5. The van der Waals surface area contributed by atoms with Gasteiger partial charge in [0.25, 0.3) is 5.91 Å². The first-order valence-corrected chi connectivity index (χ1v) is 9.76. The molecule has 0 N–H and O–H groups in total. The Bertz CT molecular complexity index is 613. The minimum Gasteiger partial charge on any atom is -0.447 e. The largest absolute Gasteiger partial charge is 0.447 e. The van der Waals surface area contributed by atoms with Gasteiger partial charge in [0.1, 0.15) is 11.5 Å². The van der Waals surface area contributed by atoms with Gasteiger partial charge < -0.3 is 9.64 Å². The third kappa shape index (κ3) is 3.26. The van der Waals surface area contributed by atoms with E-state index < -0.39 is 0 Å². The number of hydrogen-bond acceptors (Lipinski definition) is 4. The molecule has 1 aromatic heterocycles.